The lowest BCUT2D eigenvalue weighted by molar-refractivity contribution is 0.302. The van der Waals surface area contributed by atoms with Gasteiger partial charge in [0, 0.05) is 23.0 Å². The lowest BCUT2D eigenvalue weighted by atomic mass is 10.1. The minimum absolute atomic E-state index is 0.570. The second-order valence-electron chi connectivity index (χ2n) is 7.51. The van der Waals surface area contributed by atoms with Crippen LogP contribution in [0.1, 0.15) is 28.9 Å². The molecule has 4 nitrogen and oxygen atoms in total. The molecule has 0 aliphatic rings. The summed E-state index contributed by atoms with van der Waals surface area (Å²) in [6.45, 7) is 4.35. The number of fused-ring (bicyclic) bond motifs is 1. The van der Waals surface area contributed by atoms with Crippen LogP contribution in [-0.2, 0) is 19.6 Å². The van der Waals surface area contributed by atoms with Crippen LogP contribution in [0.3, 0.4) is 0 Å². The molecule has 30 heavy (non-hydrogen) atoms. The first-order chi connectivity index (χ1) is 14.7. The van der Waals surface area contributed by atoms with Gasteiger partial charge in [0.05, 0.1) is 11.0 Å². The third-order valence-corrected chi connectivity index (χ3v) is 5.55. The number of para-hydroxylation sites is 2. The molecule has 0 saturated carbocycles. The van der Waals surface area contributed by atoms with Crippen LogP contribution >= 0.6 is 15.9 Å². The van der Waals surface area contributed by atoms with Crippen molar-refractivity contribution in [1.29, 1.82) is 0 Å². The molecule has 2 N–H and O–H groups in total. The molecule has 0 unspecified atom stereocenters. The summed E-state index contributed by atoms with van der Waals surface area (Å²) in [7, 11) is 0. The summed E-state index contributed by atoms with van der Waals surface area (Å²) < 4.78 is 7.16. The van der Waals surface area contributed by atoms with Crippen LogP contribution in [0.25, 0.3) is 11.0 Å². The Kier molecular flexibility index (Phi) is 6.82. The largest absolute Gasteiger partial charge is 0.489 e. The Bertz CT molecular complexity index is 1070. The number of hydrogen-bond acceptors (Lipinski definition) is 3. The van der Waals surface area contributed by atoms with Crippen molar-refractivity contribution in [1.82, 2.24) is 15.3 Å². The van der Waals surface area contributed by atoms with Crippen LogP contribution in [0.5, 0.6) is 5.75 Å². The van der Waals surface area contributed by atoms with E-state index in [-0.39, 0.29) is 0 Å². The summed E-state index contributed by atoms with van der Waals surface area (Å²) in [4.78, 5) is 8.03. The van der Waals surface area contributed by atoms with Gasteiger partial charge in [-0.05, 0) is 55.8 Å². The van der Waals surface area contributed by atoms with Gasteiger partial charge in [-0.25, -0.2) is 4.98 Å². The number of H-pyrrole nitrogens is 1. The van der Waals surface area contributed by atoms with E-state index >= 15 is 0 Å². The first-order valence-electron chi connectivity index (χ1n) is 10.3. The van der Waals surface area contributed by atoms with E-state index in [1.165, 1.54) is 11.1 Å². The Morgan fingerprint density at radius 3 is 2.70 bits per heavy atom. The number of rotatable bonds is 9. The lowest BCUT2D eigenvalue weighted by Gasteiger charge is -2.13. The van der Waals surface area contributed by atoms with E-state index in [1.54, 1.807) is 0 Å². The standard InChI is InChI=1S/C25H26BrN3O/c1-18-8-10-19(11-9-18)17-30-24-13-12-21(26)15-20(24)16-27-14-4-7-25-28-22-5-2-3-6-23(22)29-25/h2-3,5-6,8-13,15,27H,4,7,14,16-17H2,1H3,(H,28,29). The minimum Gasteiger partial charge on any atom is -0.489 e. The second-order valence-corrected chi connectivity index (χ2v) is 8.42. The highest BCUT2D eigenvalue weighted by atomic mass is 79.9. The number of nitrogens with zero attached hydrogens (tertiary/aromatic N) is 1. The number of aromatic nitrogens is 2. The van der Waals surface area contributed by atoms with Crippen molar-refractivity contribution in [3.63, 3.8) is 0 Å². The number of nitrogens with one attached hydrogen (secondary N) is 2. The highest BCUT2D eigenvalue weighted by Gasteiger charge is 2.06. The topological polar surface area (TPSA) is 49.9 Å². The number of aryl methyl sites for hydroxylation is 2. The van der Waals surface area contributed by atoms with E-state index in [1.807, 2.05) is 30.3 Å². The number of halogens is 1. The van der Waals surface area contributed by atoms with E-state index in [9.17, 15) is 0 Å². The van der Waals surface area contributed by atoms with Crippen LogP contribution in [0.4, 0.5) is 0 Å². The molecular formula is C25H26BrN3O. The molecule has 0 radical (unpaired) electrons. The van der Waals surface area contributed by atoms with E-state index in [0.29, 0.717) is 6.61 Å². The zero-order valence-electron chi connectivity index (χ0n) is 17.1. The van der Waals surface area contributed by atoms with Crippen molar-refractivity contribution < 1.29 is 4.74 Å². The zero-order valence-corrected chi connectivity index (χ0v) is 18.7. The fourth-order valence-electron chi connectivity index (χ4n) is 3.40. The third-order valence-electron chi connectivity index (χ3n) is 5.06. The van der Waals surface area contributed by atoms with Crippen molar-refractivity contribution >= 4 is 27.0 Å². The fraction of sp³-hybridized carbons (Fsp3) is 0.240. The van der Waals surface area contributed by atoms with Gasteiger partial charge in [-0.3, -0.25) is 0 Å². The third kappa shape index (κ3) is 5.49. The number of aromatic amines is 1. The van der Waals surface area contributed by atoms with Crippen molar-refractivity contribution in [2.24, 2.45) is 0 Å². The molecule has 0 amide bonds. The second kappa shape index (κ2) is 9.92. The molecule has 5 heteroatoms. The first kappa shape index (κ1) is 20.6. The molecule has 0 fully saturated rings. The Morgan fingerprint density at radius 2 is 1.87 bits per heavy atom. The maximum Gasteiger partial charge on any atom is 0.124 e. The normalized spacial score (nSPS) is 11.1. The van der Waals surface area contributed by atoms with Gasteiger partial charge in [-0.1, -0.05) is 57.9 Å². The van der Waals surface area contributed by atoms with Crippen LogP contribution in [0, 0.1) is 6.92 Å². The number of hydrogen-bond donors (Lipinski definition) is 2. The quantitative estimate of drug-likeness (QED) is 0.302. The lowest BCUT2D eigenvalue weighted by Crippen LogP contribution is -2.16. The smallest absolute Gasteiger partial charge is 0.124 e. The fourth-order valence-corrected chi connectivity index (χ4v) is 3.81. The van der Waals surface area contributed by atoms with Gasteiger partial charge in [0.1, 0.15) is 18.2 Å². The maximum atomic E-state index is 6.10. The molecule has 0 bridgehead atoms. The molecule has 0 atom stereocenters. The van der Waals surface area contributed by atoms with Gasteiger partial charge in [-0.15, -0.1) is 0 Å². The number of imidazole rings is 1. The summed E-state index contributed by atoms with van der Waals surface area (Å²) >= 11 is 3.57. The van der Waals surface area contributed by atoms with Crippen molar-refractivity contribution in [2.75, 3.05) is 6.54 Å². The Morgan fingerprint density at radius 1 is 1.03 bits per heavy atom. The highest BCUT2D eigenvalue weighted by molar-refractivity contribution is 9.10. The van der Waals surface area contributed by atoms with Crippen molar-refractivity contribution in [3.8, 4) is 5.75 Å². The molecule has 3 aromatic carbocycles. The molecule has 1 aromatic heterocycles. The predicted octanol–water partition coefficient (Wildman–Crippen LogP) is 5.94. The summed E-state index contributed by atoms with van der Waals surface area (Å²) in [6, 6.07) is 22.8. The summed E-state index contributed by atoms with van der Waals surface area (Å²) in [6.07, 6.45) is 1.95. The Labute approximate surface area is 185 Å². The summed E-state index contributed by atoms with van der Waals surface area (Å²) in [5.74, 6) is 1.96. The van der Waals surface area contributed by atoms with Crippen LogP contribution < -0.4 is 10.1 Å². The van der Waals surface area contributed by atoms with Crippen molar-refractivity contribution in [3.05, 3.63) is 93.7 Å². The molecule has 0 aliphatic heterocycles. The van der Waals surface area contributed by atoms with Crippen LogP contribution in [0.15, 0.2) is 71.2 Å². The Hall–Kier alpha value is -2.63. The number of ether oxygens (including phenoxy) is 1. The summed E-state index contributed by atoms with van der Waals surface area (Å²) in [5, 5.41) is 3.54. The first-order valence-corrected chi connectivity index (χ1v) is 11.1. The molecule has 4 rings (SSSR count). The van der Waals surface area contributed by atoms with Gasteiger partial charge >= 0.3 is 0 Å². The maximum absolute atomic E-state index is 6.10. The molecular weight excluding hydrogens is 438 g/mol. The predicted molar refractivity (Wildman–Crippen MR) is 126 cm³/mol. The van der Waals surface area contributed by atoms with Gasteiger partial charge in [0.15, 0.2) is 0 Å². The van der Waals surface area contributed by atoms with Gasteiger partial charge in [0.25, 0.3) is 0 Å². The molecule has 154 valence electrons. The molecule has 0 aliphatic carbocycles. The monoisotopic (exact) mass is 463 g/mol. The van der Waals surface area contributed by atoms with Gasteiger partial charge in [0.2, 0.25) is 0 Å². The van der Waals surface area contributed by atoms with Crippen molar-refractivity contribution in [2.45, 2.75) is 32.9 Å². The molecule has 0 spiro atoms. The van der Waals surface area contributed by atoms with Gasteiger partial charge < -0.3 is 15.0 Å². The Balaban J connectivity index is 1.28. The highest BCUT2D eigenvalue weighted by Crippen LogP contribution is 2.24. The SMILES string of the molecule is Cc1ccc(COc2ccc(Br)cc2CNCCCc2nc3ccccc3[nH]2)cc1. The van der Waals surface area contributed by atoms with Crippen LogP contribution in [0.2, 0.25) is 0 Å². The number of benzene rings is 3. The van der Waals surface area contributed by atoms with E-state index in [0.717, 1.165) is 58.6 Å². The van der Waals surface area contributed by atoms with Crippen LogP contribution in [-0.4, -0.2) is 16.5 Å². The average molecular weight is 464 g/mol. The molecule has 4 aromatic rings. The molecule has 1 heterocycles. The zero-order chi connectivity index (χ0) is 20.8. The summed E-state index contributed by atoms with van der Waals surface area (Å²) in [5.41, 5.74) is 5.72. The minimum atomic E-state index is 0.570. The van der Waals surface area contributed by atoms with E-state index < -0.39 is 0 Å². The molecule has 0 saturated heterocycles. The van der Waals surface area contributed by atoms with E-state index in [2.05, 4.69) is 74.5 Å². The van der Waals surface area contributed by atoms with E-state index in [4.69, 9.17) is 4.74 Å². The average Bonchev–Trinajstić information content (AvgIpc) is 3.17. The van der Waals surface area contributed by atoms with Gasteiger partial charge in [-0.2, -0.15) is 0 Å².